The Kier molecular flexibility index (Phi) is 7.02. The van der Waals surface area contributed by atoms with Gasteiger partial charge in [0.2, 0.25) is 0 Å². The molecule has 182 valence electrons. The van der Waals surface area contributed by atoms with Crippen molar-refractivity contribution in [3.05, 3.63) is 83.9 Å². The third-order valence-corrected chi connectivity index (χ3v) is 6.87. The van der Waals surface area contributed by atoms with Crippen LogP contribution < -0.4 is 10.3 Å². The molecule has 1 N–H and O–H groups in total. The van der Waals surface area contributed by atoms with Crippen molar-refractivity contribution < 1.29 is 9.84 Å². The lowest BCUT2D eigenvalue weighted by Gasteiger charge is -2.18. The Morgan fingerprint density at radius 2 is 1.86 bits per heavy atom. The molecule has 0 fully saturated rings. The molecule has 10 heteroatoms. The lowest BCUT2D eigenvalue weighted by atomic mass is 10.1. The number of thiophene rings is 1. The Morgan fingerprint density at radius 3 is 2.51 bits per heavy atom. The third-order valence-electron chi connectivity index (χ3n) is 5.32. The van der Waals surface area contributed by atoms with Crippen LogP contribution in [0.1, 0.15) is 41.4 Å². The maximum absolute atomic E-state index is 13.3. The summed E-state index contributed by atoms with van der Waals surface area (Å²) in [4.78, 5) is 27.6. The van der Waals surface area contributed by atoms with Gasteiger partial charge in [0.15, 0.2) is 5.82 Å². The second kappa shape index (κ2) is 9.70. The normalized spacial score (nSPS) is 11.7. The van der Waals surface area contributed by atoms with Crippen molar-refractivity contribution in [1.82, 2.24) is 19.5 Å². The van der Waals surface area contributed by atoms with E-state index in [1.54, 1.807) is 50.4 Å². The Bertz CT molecular complexity index is 1470. The summed E-state index contributed by atoms with van der Waals surface area (Å²) in [7, 11) is 0. The number of pyridine rings is 2. The molecule has 0 aliphatic heterocycles. The minimum absolute atomic E-state index is 0.0421. The summed E-state index contributed by atoms with van der Waals surface area (Å²) >= 11 is 14.5. The zero-order chi connectivity index (χ0) is 25.5. The molecule has 0 saturated carbocycles. The van der Waals surface area contributed by atoms with Crippen LogP contribution >= 0.6 is 34.5 Å². The lowest BCUT2D eigenvalue weighted by Crippen LogP contribution is -2.22. The summed E-state index contributed by atoms with van der Waals surface area (Å²) in [6, 6.07) is 5.41. The minimum atomic E-state index is -1.23. The molecular weight excluding hydrogens is 507 g/mol. The number of aryl methyl sites for hydroxylation is 3. The maximum Gasteiger partial charge on any atom is 0.277 e. The summed E-state index contributed by atoms with van der Waals surface area (Å²) < 4.78 is 7.27. The molecule has 0 amide bonds. The molecule has 0 aromatic carbocycles. The van der Waals surface area contributed by atoms with Crippen molar-refractivity contribution in [3.63, 3.8) is 0 Å². The van der Waals surface area contributed by atoms with E-state index < -0.39 is 11.2 Å². The van der Waals surface area contributed by atoms with Crippen molar-refractivity contribution in [2.45, 2.75) is 46.8 Å². The number of ether oxygens (including phenoxy) is 1. The second-order valence-corrected chi connectivity index (χ2v) is 10.7. The van der Waals surface area contributed by atoms with Gasteiger partial charge in [0.05, 0.1) is 22.1 Å². The minimum Gasteiger partial charge on any atom is -0.487 e. The Balaban J connectivity index is 1.76. The van der Waals surface area contributed by atoms with Crippen LogP contribution in [-0.4, -0.2) is 24.6 Å². The fourth-order valence-electron chi connectivity index (χ4n) is 3.55. The van der Waals surface area contributed by atoms with Gasteiger partial charge in [-0.05, 0) is 57.7 Å². The average Bonchev–Trinajstić information content (AvgIpc) is 3.21. The molecule has 0 unspecified atom stereocenters. The van der Waals surface area contributed by atoms with Crippen LogP contribution in [0.4, 0.5) is 0 Å². The largest absolute Gasteiger partial charge is 0.487 e. The standard InChI is InChI=1S/C25H24Cl2N4O3S/c1-13-9-29-24(25(4,5)33)30-22(13)18-8-19(17(26)10-28-18)31-14(2)6-20(21(27)23(31)32)34-11-16-7-15(3)35-12-16/h6-10,12,33H,11H2,1-5H3. The summed E-state index contributed by atoms with van der Waals surface area (Å²) in [5, 5.41) is 12.6. The molecule has 0 radical (unpaired) electrons. The van der Waals surface area contributed by atoms with Gasteiger partial charge in [-0.3, -0.25) is 14.3 Å². The van der Waals surface area contributed by atoms with E-state index >= 15 is 0 Å². The lowest BCUT2D eigenvalue weighted by molar-refractivity contribution is 0.0688. The zero-order valence-corrected chi connectivity index (χ0v) is 22.2. The van der Waals surface area contributed by atoms with E-state index in [-0.39, 0.29) is 15.9 Å². The van der Waals surface area contributed by atoms with Crippen LogP contribution in [-0.2, 0) is 12.2 Å². The number of aliphatic hydroxyl groups is 1. The molecule has 0 aliphatic carbocycles. The number of aromatic nitrogens is 4. The van der Waals surface area contributed by atoms with Crippen LogP contribution in [0.3, 0.4) is 0 Å². The van der Waals surface area contributed by atoms with Crippen LogP contribution in [0.2, 0.25) is 10.0 Å². The molecular formula is C25H24Cl2N4O3S. The maximum atomic E-state index is 13.3. The molecule has 35 heavy (non-hydrogen) atoms. The molecule has 0 saturated heterocycles. The topological polar surface area (TPSA) is 90.1 Å². The first-order chi connectivity index (χ1) is 16.5. The number of hydrogen-bond donors (Lipinski definition) is 1. The van der Waals surface area contributed by atoms with Gasteiger partial charge in [0.25, 0.3) is 5.56 Å². The first-order valence-electron chi connectivity index (χ1n) is 10.8. The summed E-state index contributed by atoms with van der Waals surface area (Å²) in [6.45, 7) is 9.16. The highest BCUT2D eigenvalue weighted by molar-refractivity contribution is 7.10. The van der Waals surface area contributed by atoms with Crippen molar-refractivity contribution in [2.24, 2.45) is 0 Å². The molecule has 4 heterocycles. The van der Waals surface area contributed by atoms with Crippen LogP contribution in [0.15, 0.2) is 40.8 Å². The van der Waals surface area contributed by atoms with Crippen molar-refractivity contribution in [1.29, 1.82) is 0 Å². The number of halogens is 2. The monoisotopic (exact) mass is 530 g/mol. The predicted molar refractivity (Wildman–Crippen MR) is 139 cm³/mol. The van der Waals surface area contributed by atoms with Gasteiger partial charge in [-0.15, -0.1) is 11.3 Å². The van der Waals surface area contributed by atoms with E-state index in [4.69, 9.17) is 27.9 Å². The molecule has 0 aliphatic rings. The zero-order valence-electron chi connectivity index (χ0n) is 19.9. The number of nitrogens with zero attached hydrogens (tertiary/aromatic N) is 4. The Labute approximate surface area is 217 Å². The summed E-state index contributed by atoms with van der Waals surface area (Å²) in [6.07, 6.45) is 3.08. The quantitative estimate of drug-likeness (QED) is 0.339. The van der Waals surface area contributed by atoms with Crippen LogP contribution in [0, 0.1) is 20.8 Å². The fourth-order valence-corrected chi connectivity index (χ4v) is 4.62. The first-order valence-corrected chi connectivity index (χ1v) is 12.4. The van der Waals surface area contributed by atoms with Crippen molar-refractivity contribution in [2.75, 3.05) is 0 Å². The van der Waals surface area contributed by atoms with Gasteiger partial charge < -0.3 is 9.84 Å². The SMILES string of the molecule is Cc1cc(COc2cc(C)n(-c3cc(-c4nc(C(C)(C)O)ncc4C)ncc3Cl)c(=O)c2Cl)cs1. The molecule has 0 spiro atoms. The van der Waals surface area contributed by atoms with Gasteiger partial charge in [0, 0.05) is 34.6 Å². The van der Waals surface area contributed by atoms with E-state index in [1.807, 2.05) is 25.3 Å². The number of hydrogen-bond acceptors (Lipinski definition) is 7. The smallest absolute Gasteiger partial charge is 0.277 e. The highest BCUT2D eigenvalue weighted by Crippen LogP contribution is 2.30. The molecule has 7 nitrogen and oxygen atoms in total. The predicted octanol–water partition coefficient (Wildman–Crippen LogP) is 5.79. The Morgan fingerprint density at radius 1 is 1.11 bits per heavy atom. The van der Waals surface area contributed by atoms with E-state index in [9.17, 15) is 9.90 Å². The van der Waals surface area contributed by atoms with E-state index in [0.29, 0.717) is 35.1 Å². The number of rotatable bonds is 6. The van der Waals surface area contributed by atoms with Crippen molar-refractivity contribution >= 4 is 34.5 Å². The van der Waals surface area contributed by atoms with Gasteiger partial charge in [-0.25, -0.2) is 9.97 Å². The van der Waals surface area contributed by atoms with E-state index in [2.05, 4.69) is 15.0 Å². The summed E-state index contributed by atoms with van der Waals surface area (Å²) in [5.41, 5.74) is 2.08. The van der Waals surface area contributed by atoms with Gasteiger partial charge in [-0.2, -0.15) is 0 Å². The Hall–Kier alpha value is -2.78. The molecule has 4 aromatic rings. The van der Waals surface area contributed by atoms with Gasteiger partial charge in [-0.1, -0.05) is 23.2 Å². The van der Waals surface area contributed by atoms with E-state index in [1.165, 1.54) is 15.6 Å². The van der Waals surface area contributed by atoms with Crippen LogP contribution in [0.25, 0.3) is 17.1 Å². The molecule has 4 rings (SSSR count). The molecule has 0 bridgehead atoms. The van der Waals surface area contributed by atoms with Crippen LogP contribution in [0.5, 0.6) is 5.75 Å². The molecule has 4 aromatic heterocycles. The molecule has 0 atom stereocenters. The highest BCUT2D eigenvalue weighted by atomic mass is 35.5. The van der Waals surface area contributed by atoms with E-state index in [0.717, 1.165) is 11.1 Å². The summed E-state index contributed by atoms with van der Waals surface area (Å²) in [5.74, 6) is 0.566. The van der Waals surface area contributed by atoms with Crippen molar-refractivity contribution in [3.8, 4) is 22.8 Å². The fraction of sp³-hybridized carbons (Fsp3) is 0.280. The van der Waals surface area contributed by atoms with Gasteiger partial charge in [0.1, 0.15) is 23.0 Å². The average molecular weight is 531 g/mol. The third kappa shape index (κ3) is 5.26. The second-order valence-electron chi connectivity index (χ2n) is 8.76. The van der Waals surface area contributed by atoms with Gasteiger partial charge >= 0.3 is 0 Å². The highest BCUT2D eigenvalue weighted by Gasteiger charge is 2.22. The first kappa shape index (κ1) is 25.3.